The average molecular weight is 402 g/mol. The maximum atomic E-state index is 13.0. The summed E-state index contributed by atoms with van der Waals surface area (Å²) in [5, 5.41) is 3.07. The SMILES string of the molecule is CCn1ccc(C(=O)N2C[C@H]3C[C@@H](NC(C)=O)[C@H](OCC4CC4)C[C@H]3C2)cc1=O. The first kappa shape index (κ1) is 20.1. The standard InChI is InChI=1S/C22H31N3O4/c1-3-24-7-6-16(10-21(24)27)22(28)25-11-17-8-19(23-14(2)26)20(9-18(17)12-25)29-13-15-4-5-15/h6-7,10,15,17-20H,3-5,8-9,11-13H2,1-2H3,(H,23,26)/t17-,18+,19-,20-/m1/s1. The van der Waals surface area contributed by atoms with E-state index in [0.717, 1.165) is 19.4 Å². The highest BCUT2D eigenvalue weighted by Crippen LogP contribution is 2.39. The number of ether oxygens (including phenoxy) is 1. The predicted molar refractivity (Wildman–Crippen MR) is 109 cm³/mol. The molecule has 0 unspecified atom stereocenters. The molecule has 0 spiro atoms. The summed E-state index contributed by atoms with van der Waals surface area (Å²) in [6.07, 6.45) is 5.88. The third-order valence-electron chi connectivity index (χ3n) is 6.62. The molecule has 0 bridgehead atoms. The van der Waals surface area contributed by atoms with E-state index in [1.54, 1.807) is 23.8 Å². The van der Waals surface area contributed by atoms with Crippen molar-refractivity contribution in [2.45, 2.75) is 58.2 Å². The van der Waals surface area contributed by atoms with E-state index in [9.17, 15) is 14.4 Å². The summed E-state index contributed by atoms with van der Waals surface area (Å²) >= 11 is 0. The first-order valence-electron chi connectivity index (χ1n) is 10.8. The molecule has 7 heteroatoms. The normalized spacial score (nSPS) is 28.8. The number of likely N-dealkylation sites (tertiary alicyclic amines) is 1. The summed E-state index contributed by atoms with van der Waals surface area (Å²) in [4.78, 5) is 38.6. The second kappa shape index (κ2) is 8.30. The second-order valence-electron chi connectivity index (χ2n) is 8.86. The zero-order valence-electron chi connectivity index (χ0n) is 17.3. The molecule has 4 rings (SSSR count). The Bertz CT molecular complexity index is 832. The maximum Gasteiger partial charge on any atom is 0.254 e. The van der Waals surface area contributed by atoms with Gasteiger partial charge in [0.15, 0.2) is 0 Å². The Kier molecular flexibility index (Phi) is 5.76. The van der Waals surface area contributed by atoms with E-state index in [1.807, 2.05) is 11.8 Å². The zero-order valence-corrected chi connectivity index (χ0v) is 17.3. The Morgan fingerprint density at radius 1 is 1.21 bits per heavy atom. The Balaban J connectivity index is 1.43. The van der Waals surface area contributed by atoms with Crippen LogP contribution in [-0.2, 0) is 16.1 Å². The summed E-state index contributed by atoms with van der Waals surface area (Å²) in [7, 11) is 0. The zero-order chi connectivity index (χ0) is 20.5. The Morgan fingerprint density at radius 2 is 1.93 bits per heavy atom. The topological polar surface area (TPSA) is 80.6 Å². The minimum Gasteiger partial charge on any atom is -0.376 e. The number of nitrogens with one attached hydrogen (secondary N) is 1. The summed E-state index contributed by atoms with van der Waals surface area (Å²) in [5.74, 6) is 1.30. The van der Waals surface area contributed by atoms with Crippen molar-refractivity contribution in [3.05, 3.63) is 34.2 Å². The molecule has 1 N–H and O–H groups in total. The highest BCUT2D eigenvalue weighted by atomic mass is 16.5. The monoisotopic (exact) mass is 401 g/mol. The van der Waals surface area contributed by atoms with E-state index < -0.39 is 0 Å². The van der Waals surface area contributed by atoms with Crippen LogP contribution >= 0.6 is 0 Å². The van der Waals surface area contributed by atoms with Gasteiger partial charge in [0, 0.05) is 51.0 Å². The largest absolute Gasteiger partial charge is 0.376 e. The number of carbonyl (C=O) groups is 2. The fraction of sp³-hybridized carbons (Fsp3) is 0.682. The molecule has 2 amide bonds. The molecule has 4 atom stereocenters. The molecule has 1 aliphatic heterocycles. The molecule has 1 aromatic rings. The van der Waals surface area contributed by atoms with Gasteiger partial charge in [-0.2, -0.15) is 0 Å². The first-order valence-corrected chi connectivity index (χ1v) is 10.8. The van der Waals surface area contributed by atoms with Crippen molar-refractivity contribution in [2.75, 3.05) is 19.7 Å². The molecular formula is C22H31N3O4. The van der Waals surface area contributed by atoms with Crippen molar-refractivity contribution >= 4 is 11.8 Å². The lowest BCUT2D eigenvalue weighted by atomic mass is 9.77. The lowest BCUT2D eigenvalue weighted by Crippen LogP contribution is -2.50. The van der Waals surface area contributed by atoms with Crippen LogP contribution in [-0.4, -0.2) is 53.1 Å². The fourth-order valence-electron chi connectivity index (χ4n) is 4.81. The molecular weight excluding hydrogens is 370 g/mol. The van der Waals surface area contributed by atoms with Gasteiger partial charge >= 0.3 is 0 Å². The van der Waals surface area contributed by atoms with E-state index in [1.165, 1.54) is 18.9 Å². The number of hydrogen-bond donors (Lipinski definition) is 1. The number of hydrogen-bond acceptors (Lipinski definition) is 4. The van der Waals surface area contributed by atoms with Gasteiger partial charge in [-0.3, -0.25) is 14.4 Å². The quantitative estimate of drug-likeness (QED) is 0.786. The lowest BCUT2D eigenvalue weighted by Gasteiger charge is -2.38. The summed E-state index contributed by atoms with van der Waals surface area (Å²) in [5.41, 5.74) is 0.313. The Morgan fingerprint density at radius 3 is 2.55 bits per heavy atom. The van der Waals surface area contributed by atoms with E-state index in [-0.39, 0.29) is 29.5 Å². The molecule has 3 aliphatic rings. The number of rotatable bonds is 6. The molecule has 2 heterocycles. The van der Waals surface area contributed by atoms with Crippen LogP contribution in [0.2, 0.25) is 0 Å². The average Bonchev–Trinajstić information content (AvgIpc) is 3.43. The van der Waals surface area contributed by atoms with Gasteiger partial charge in [-0.1, -0.05) is 0 Å². The molecule has 2 aliphatic carbocycles. The minimum atomic E-state index is -0.144. The van der Waals surface area contributed by atoms with E-state index in [0.29, 0.717) is 43.0 Å². The van der Waals surface area contributed by atoms with E-state index in [4.69, 9.17) is 4.74 Å². The van der Waals surface area contributed by atoms with Gasteiger partial charge in [0.05, 0.1) is 12.1 Å². The van der Waals surface area contributed by atoms with Crippen LogP contribution in [0.3, 0.4) is 0 Å². The first-order chi connectivity index (χ1) is 13.9. The number of carbonyl (C=O) groups excluding carboxylic acids is 2. The van der Waals surface area contributed by atoms with Gasteiger partial charge in [0.1, 0.15) is 0 Å². The summed E-state index contributed by atoms with van der Waals surface area (Å²) in [6.45, 7) is 6.18. The van der Waals surface area contributed by atoms with Crippen molar-refractivity contribution in [3.8, 4) is 0 Å². The minimum absolute atomic E-state index is 0.0102. The maximum absolute atomic E-state index is 13.0. The molecule has 7 nitrogen and oxygen atoms in total. The van der Waals surface area contributed by atoms with Gasteiger partial charge in [-0.25, -0.2) is 0 Å². The molecule has 0 radical (unpaired) electrons. The highest BCUT2D eigenvalue weighted by molar-refractivity contribution is 5.94. The number of aromatic nitrogens is 1. The van der Waals surface area contributed by atoms with Gasteiger partial charge < -0.3 is 19.5 Å². The molecule has 1 saturated heterocycles. The van der Waals surface area contributed by atoms with Crippen molar-refractivity contribution in [1.82, 2.24) is 14.8 Å². The summed E-state index contributed by atoms with van der Waals surface area (Å²) < 4.78 is 7.77. The van der Waals surface area contributed by atoms with Crippen molar-refractivity contribution in [1.29, 1.82) is 0 Å². The van der Waals surface area contributed by atoms with Crippen LogP contribution in [0.15, 0.2) is 23.1 Å². The van der Waals surface area contributed by atoms with Gasteiger partial charge in [-0.15, -0.1) is 0 Å². The van der Waals surface area contributed by atoms with Crippen LogP contribution in [0.5, 0.6) is 0 Å². The van der Waals surface area contributed by atoms with E-state index >= 15 is 0 Å². The molecule has 2 saturated carbocycles. The molecule has 158 valence electrons. The molecule has 29 heavy (non-hydrogen) atoms. The Hall–Kier alpha value is -2.15. The number of aryl methyl sites for hydroxylation is 1. The smallest absolute Gasteiger partial charge is 0.254 e. The van der Waals surface area contributed by atoms with Crippen LogP contribution in [0, 0.1) is 17.8 Å². The predicted octanol–water partition coefficient (Wildman–Crippen LogP) is 1.65. The van der Waals surface area contributed by atoms with Crippen molar-refractivity contribution in [3.63, 3.8) is 0 Å². The van der Waals surface area contributed by atoms with Crippen LogP contribution in [0.4, 0.5) is 0 Å². The molecule has 3 fully saturated rings. The van der Waals surface area contributed by atoms with Gasteiger partial charge in [0.25, 0.3) is 11.5 Å². The molecule has 0 aromatic carbocycles. The fourth-order valence-corrected chi connectivity index (χ4v) is 4.81. The van der Waals surface area contributed by atoms with Crippen molar-refractivity contribution < 1.29 is 14.3 Å². The van der Waals surface area contributed by atoms with Crippen LogP contribution in [0.1, 0.15) is 49.9 Å². The number of fused-ring (bicyclic) bond motifs is 1. The number of nitrogens with zero attached hydrogens (tertiary/aromatic N) is 2. The van der Waals surface area contributed by atoms with E-state index in [2.05, 4.69) is 5.32 Å². The Labute approximate surface area is 171 Å². The van der Waals surface area contributed by atoms with Gasteiger partial charge in [0.2, 0.25) is 5.91 Å². The van der Waals surface area contributed by atoms with Crippen LogP contribution < -0.4 is 10.9 Å². The number of pyridine rings is 1. The third kappa shape index (κ3) is 4.55. The van der Waals surface area contributed by atoms with Gasteiger partial charge in [-0.05, 0) is 56.4 Å². The molecule has 1 aromatic heterocycles. The summed E-state index contributed by atoms with van der Waals surface area (Å²) in [6, 6.07) is 3.18. The van der Waals surface area contributed by atoms with Crippen molar-refractivity contribution in [2.24, 2.45) is 17.8 Å². The lowest BCUT2D eigenvalue weighted by molar-refractivity contribution is -0.122. The second-order valence-corrected chi connectivity index (χ2v) is 8.86. The number of amides is 2. The van der Waals surface area contributed by atoms with Crippen LogP contribution in [0.25, 0.3) is 0 Å². The third-order valence-corrected chi connectivity index (χ3v) is 6.62. The highest BCUT2D eigenvalue weighted by Gasteiger charge is 2.44.